The van der Waals surface area contributed by atoms with E-state index in [1.165, 1.54) is 5.01 Å². The number of benzene rings is 2. The molecule has 182 valence electrons. The molecule has 4 rings (SSSR count). The number of alkyl halides is 3. The summed E-state index contributed by atoms with van der Waals surface area (Å²) in [5.74, 6) is 0.00456. The second-order valence-corrected chi connectivity index (χ2v) is 8.83. The lowest BCUT2D eigenvalue weighted by Crippen LogP contribution is -2.28. The van der Waals surface area contributed by atoms with E-state index in [9.17, 15) is 22.8 Å². The molecule has 0 aliphatic carbocycles. The SMILES string of the molecule is COc1ccc(C2=NN(C(=O)CSc3nc(C(F)(F)F)cc(=O)[nH]3)C(c3ccc(C)cc3)C2)cc1. The van der Waals surface area contributed by atoms with Crippen molar-refractivity contribution >= 4 is 23.4 Å². The molecule has 1 amide bonds. The summed E-state index contributed by atoms with van der Waals surface area (Å²) in [7, 11) is 1.57. The molecule has 35 heavy (non-hydrogen) atoms. The molecule has 7 nitrogen and oxygen atoms in total. The van der Waals surface area contributed by atoms with Gasteiger partial charge in [-0.2, -0.15) is 18.3 Å². The number of carbonyl (C=O) groups is 1. The van der Waals surface area contributed by atoms with Crippen LogP contribution in [0.3, 0.4) is 0 Å². The van der Waals surface area contributed by atoms with Crippen molar-refractivity contribution < 1.29 is 22.7 Å². The first-order valence-electron chi connectivity index (χ1n) is 10.6. The topological polar surface area (TPSA) is 87.7 Å². The summed E-state index contributed by atoms with van der Waals surface area (Å²) in [6.07, 6.45) is -4.30. The van der Waals surface area contributed by atoms with Gasteiger partial charge in [-0.25, -0.2) is 9.99 Å². The predicted molar refractivity (Wildman–Crippen MR) is 125 cm³/mol. The minimum Gasteiger partial charge on any atom is -0.497 e. The third-order valence-corrected chi connectivity index (χ3v) is 6.25. The number of ether oxygens (including phenoxy) is 1. The van der Waals surface area contributed by atoms with Crippen LogP contribution in [0.4, 0.5) is 13.2 Å². The third kappa shape index (κ3) is 5.73. The normalized spacial score (nSPS) is 15.7. The summed E-state index contributed by atoms with van der Waals surface area (Å²) in [4.78, 5) is 30.5. The second kappa shape index (κ2) is 9.95. The van der Waals surface area contributed by atoms with Gasteiger partial charge in [-0.05, 0) is 42.3 Å². The number of aromatic nitrogens is 2. The Morgan fingerprint density at radius 1 is 1.17 bits per heavy atom. The largest absolute Gasteiger partial charge is 0.497 e. The van der Waals surface area contributed by atoms with E-state index in [2.05, 4.69) is 15.1 Å². The Balaban J connectivity index is 1.58. The van der Waals surface area contributed by atoms with Crippen LogP contribution in [0.1, 0.15) is 34.8 Å². The van der Waals surface area contributed by atoms with Gasteiger partial charge in [-0.15, -0.1) is 0 Å². The lowest BCUT2D eigenvalue weighted by molar-refractivity contribution is -0.141. The van der Waals surface area contributed by atoms with Gasteiger partial charge in [0.25, 0.3) is 11.5 Å². The Labute approximate surface area is 203 Å². The van der Waals surface area contributed by atoms with E-state index in [1.54, 1.807) is 19.2 Å². The summed E-state index contributed by atoms with van der Waals surface area (Å²) in [6.45, 7) is 1.96. The van der Waals surface area contributed by atoms with Crippen molar-refractivity contribution in [2.45, 2.75) is 30.7 Å². The highest BCUT2D eigenvalue weighted by Gasteiger charge is 2.35. The molecule has 0 bridgehead atoms. The number of carbonyl (C=O) groups excluding carboxylic acids is 1. The van der Waals surface area contributed by atoms with Crippen molar-refractivity contribution in [3.8, 4) is 5.75 Å². The van der Waals surface area contributed by atoms with Crippen molar-refractivity contribution in [3.05, 3.63) is 87.3 Å². The van der Waals surface area contributed by atoms with Gasteiger partial charge < -0.3 is 9.72 Å². The van der Waals surface area contributed by atoms with Crippen molar-refractivity contribution in [2.24, 2.45) is 5.10 Å². The Hall–Kier alpha value is -3.60. The van der Waals surface area contributed by atoms with Gasteiger partial charge >= 0.3 is 6.18 Å². The number of rotatable bonds is 6. The van der Waals surface area contributed by atoms with Crippen LogP contribution in [0.15, 0.2) is 69.6 Å². The average Bonchev–Trinajstić information content (AvgIpc) is 3.28. The standard InChI is InChI=1S/C24H21F3N4O3S/c1-14-3-5-16(6-4-14)19-11-18(15-7-9-17(34-2)10-8-15)30-31(19)22(33)13-35-23-28-20(24(25,26)27)12-21(32)29-23/h3-10,12,19H,11,13H2,1-2H3,(H,28,29,32). The first kappa shape index (κ1) is 24.5. The zero-order chi connectivity index (χ0) is 25.2. The number of nitrogens with one attached hydrogen (secondary N) is 1. The van der Waals surface area contributed by atoms with E-state index >= 15 is 0 Å². The van der Waals surface area contributed by atoms with Gasteiger partial charge in [-0.3, -0.25) is 9.59 Å². The minimum atomic E-state index is -4.77. The highest BCUT2D eigenvalue weighted by Crippen LogP contribution is 2.34. The third-order valence-electron chi connectivity index (χ3n) is 5.39. The van der Waals surface area contributed by atoms with E-state index in [4.69, 9.17) is 4.74 Å². The Morgan fingerprint density at radius 2 is 1.86 bits per heavy atom. The summed E-state index contributed by atoms with van der Waals surface area (Å²) in [5, 5.41) is 5.62. The molecule has 2 aromatic carbocycles. The number of halogens is 3. The van der Waals surface area contributed by atoms with Crippen molar-refractivity contribution in [1.82, 2.24) is 15.0 Å². The number of nitrogens with zero attached hydrogens (tertiary/aromatic N) is 3. The van der Waals surface area contributed by atoms with E-state index in [0.717, 1.165) is 28.5 Å². The number of amides is 1. The van der Waals surface area contributed by atoms with E-state index < -0.39 is 23.3 Å². The van der Waals surface area contributed by atoms with Crippen LogP contribution in [0.25, 0.3) is 0 Å². The monoisotopic (exact) mass is 502 g/mol. The lowest BCUT2D eigenvalue weighted by Gasteiger charge is -2.22. The molecule has 1 aliphatic heterocycles. The molecule has 1 atom stereocenters. The Kier molecular flexibility index (Phi) is 6.97. The molecule has 0 saturated carbocycles. The first-order valence-corrected chi connectivity index (χ1v) is 11.5. The molecule has 0 radical (unpaired) electrons. The van der Waals surface area contributed by atoms with Gasteiger partial charge in [0.2, 0.25) is 0 Å². The Morgan fingerprint density at radius 3 is 2.49 bits per heavy atom. The van der Waals surface area contributed by atoms with Gasteiger partial charge in [0, 0.05) is 12.5 Å². The molecule has 3 aromatic rings. The fourth-order valence-electron chi connectivity index (χ4n) is 3.59. The number of hydrogen-bond donors (Lipinski definition) is 1. The fraction of sp³-hybridized carbons (Fsp3) is 0.250. The maximum atomic E-state index is 13.1. The number of methoxy groups -OCH3 is 1. The lowest BCUT2D eigenvalue weighted by atomic mass is 9.97. The maximum absolute atomic E-state index is 13.1. The summed E-state index contributed by atoms with van der Waals surface area (Å²) < 4.78 is 44.2. The van der Waals surface area contributed by atoms with Gasteiger partial charge in [0.1, 0.15) is 5.75 Å². The van der Waals surface area contributed by atoms with E-state index in [0.29, 0.717) is 23.9 Å². The minimum absolute atomic E-state index is 0.258. The number of hydrazone groups is 1. The van der Waals surface area contributed by atoms with Crippen molar-refractivity contribution in [2.75, 3.05) is 12.9 Å². The quantitative estimate of drug-likeness (QED) is 0.394. The van der Waals surface area contributed by atoms with Crippen LogP contribution in [-0.2, 0) is 11.0 Å². The second-order valence-electron chi connectivity index (χ2n) is 7.87. The van der Waals surface area contributed by atoms with Crippen molar-refractivity contribution in [3.63, 3.8) is 0 Å². The number of thioether (sulfide) groups is 1. The van der Waals surface area contributed by atoms with Gasteiger partial charge in [-0.1, -0.05) is 41.6 Å². The molecule has 0 fully saturated rings. The fourth-order valence-corrected chi connectivity index (χ4v) is 4.32. The molecule has 2 heterocycles. The highest BCUT2D eigenvalue weighted by molar-refractivity contribution is 7.99. The molecule has 1 aromatic heterocycles. The van der Waals surface area contributed by atoms with Gasteiger partial charge in [0.15, 0.2) is 10.9 Å². The van der Waals surface area contributed by atoms with E-state index in [1.807, 2.05) is 43.3 Å². The summed E-state index contributed by atoms with van der Waals surface area (Å²) in [5.41, 5.74) is 1.22. The first-order chi connectivity index (χ1) is 16.6. The summed E-state index contributed by atoms with van der Waals surface area (Å²) >= 11 is 0.718. The number of aryl methyl sites for hydroxylation is 1. The van der Waals surface area contributed by atoms with Crippen LogP contribution in [0.5, 0.6) is 5.75 Å². The molecule has 1 aliphatic rings. The molecule has 1 unspecified atom stereocenters. The molecular formula is C24H21F3N4O3S. The average molecular weight is 503 g/mol. The Bertz CT molecular complexity index is 1310. The van der Waals surface area contributed by atoms with Crippen LogP contribution >= 0.6 is 11.8 Å². The maximum Gasteiger partial charge on any atom is 0.433 e. The zero-order valence-corrected chi connectivity index (χ0v) is 19.6. The molecular weight excluding hydrogens is 481 g/mol. The van der Waals surface area contributed by atoms with Crippen LogP contribution in [0, 0.1) is 6.92 Å². The van der Waals surface area contributed by atoms with Crippen LogP contribution in [-0.4, -0.2) is 39.5 Å². The number of H-pyrrole nitrogens is 1. The van der Waals surface area contributed by atoms with Crippen LogP contribution < -0.4 is 10.3 Å². The molecule has 0 spiro atoms. The predicted octanol–water partition coefficient (Wildman–Crippen LogP) is 4.58. The number of aromatic amines is 1. The molecule has 1 N–H and O–H groups in total. The molecule has 11 heteroatoms. The smallest absolute Gasteiger partial charge is 0.433 e. The summed E-state index contributed by atoms with van der Waals surface area (Å²) in [6, 6.07) is 15.0. The highest BCUT2D eigenvalue weighted by atomic mass is 32.2. The van der Waals surface area contributed by atoms with E-state index in [-0.39, 0.29) is 17.0 Å². The number of hydrogen-bond acceptors (Lipinski definition) is 6. The van der Waals surface area contributed by atoms with Gasteiger partial charge in [0.05, 0.1) is 24.6 Å². The van der Waals surface area contributed by atoms with Crippen LogP contribution in [0.2, 0.25) is 0 Å². The van der Waals surface area contributed by atoms with Crippen molar-refractivity contribution in [1.29, 1.82) is 0 Å². The molecule has 0 saturated heterocycles. The zero-order valence-electron chi connectivity index (χ0n) is 18.8.